The second-order valence-corrected chi connectivity index (χ2v) is 9.12. The molecule has 2 aromatic carbocycles. The summed E-state index contributed by atoms with van der Waals surface area (Å²) in [6.45, 7) is 6.32. The van der Waals surface area contributed by atoms with E-state index in [-0.39, 0.29) is 12.6 Å². The standard InChI is InChI=1S/C28H34N6O3/c1-36-26-15-20(17-29-9-10-34-11-13-37-14-12-34)7-8-22(26)24-16-23-27(32-24)30-19-31-28(23)33-25(18-35)21-5-3-2-4-6-21/h2-8,15-16,19,25,29,35H,9-14,17-18H2,1H3,(H2,30,31,32,33)/t25-/m1/s1. The van der Waals surface area contributed by atoms with Crippen molar-refractivity contribution in [2.75, 3.05) is 58.4 Å². The van der Waals surface area contributed by atoms with E-state index in [4.69, 9.17) is 9.47 Å². The number of ether oxygens (including phenoxy) is 2. The van der Waals surface area contributed by atoms with Gasteiger partial charge in [0.25, 0.3) is 0 Å². The van der Waals surface area contributed by atoms with Crippen LogP contribution in [0.4, 0.5) is 5.82 Å². The fourth-order valence-corrected chi connectivity index (χ4v) is 4.65. The molecule has 0 saturated carbocycles. The Morgan fingerprint density at radius 3 is 2.73 bits per heavy atom. The number of hydrogen-bond donors (Lipinski definition) is 4. The molecule has 0 amide bonds. The number of H-pyrrole nitrogens is 1. The number of benzene rings is 2. The van der Waals surface area contributed by atoms with Crippen LogP contribution in [0.15, 0.2) is 60.9 Å². The normalized spacial score (nSPS) is 15.1. The fourth-order valence-electron chi connectivity index (χ4n) is 4.65. The number of methoxy groups -OCH3 is 1. The molecule has 4 aromatic rings. The van der Waals surface area contributed by atoms with Gasteiger partial charge in [-0.05, 0) is 29.3 Å². The molecule has 194 valence electrons. The molecule has 1 aliphatic rings. The largest absolute Gasteiger partial charge is 0.496 e. The van der Waals surface area contributed by atoms with E-state index in [1.165, 1.54) is 6.33 Å². The summed E-state index contributed by atoms with van der Waals surface area (Å²) in [6, 6.07) is 17.9. The number of aliphatic hydroxyl groups excluding tert-OH is 1. The summed E-state index contributed by atoms with van der Waals surface area (Å²) in [6.07, 6.45) is 1.52. The molecular formula is C28H34N6O3. The Hall–Kier alpha value is -3.50. The topological polar surface area (TPSA) is 108 Å². The quantitative estimate of drug-likeness (QED) is 0.232. The average molecular weight is 503 g/mol. The number of nitrogens with zero attached hydrogens (tertiary/aromatic N) is 3. The van der Waals surface area contributed by atoms with Crippen molar-refractivity contribution >= 4 is 16.9 Å². The molecule has 1 aliphatic heterocycles. The van der Waals surface area contributed by atoms with Gasteiger partial charge in [-0.3, -0.25) is 4.90 Å². The van der Waals surface area contributed by atoms with Crippen molar-refractivity contribution in [3.8, 4) is 17.0 Å². The molecule has 3 heterocycles. The average Bonchev–Trinajstić information content (AvgIpc) is 3.40. The summed E-state index contributed by atoms with van der Waals surface area (Å²) >= 11 is 0. The molecule has 37 heavy (non-hydrogen) atoms. The van der Waals surface area contributed by atoms with Crippen LogP contribution < -0.4 is 15.4 Å². The second kappa shape index (κ2) is 12.2. The highest BCUT2D eigenvalue weighted by Crippen LogP contribution is 2.34. The molecule has 1 saturated heterocycles. The van der Waals surface area contributed by atoms with Crippen molar-refractivity contribution in [3.05, 3.63) is 72.1 Å². The minimum absolute atomic E-state index is 0.0530. The molecule has 0 aliphatic carbocycles. The number of aromatic nitrogens is 3. The lowest BCUT2D eigenvalue weighted by Crippen LogP contribution is -2.40. The van der Waals surface area contributed by atoms with E-state index in [0.717, 1.165) is 79.5 Å². The van der Waals surface area contributed by atoms with Crippen LogP contribution in [-0.2, 0) is 11.3 Å². The van der Waals surface area contributed by atoms with E-state index in [1.807, 2.05) is 36.4 Å². The third kappa shape index (κ3) is 6.08. The Balaban J connectivity index is 1.30. The van der Waals surface area contributed by atoms with E-state index in [1.54, 1.807) is 7.11 Å². The van der Waals surface area contributed by atoms with Crippen LogP contribution in [0.2, 0.25) is 0 Å². The molecule has 1 fully saturated rings. The van der Waals surface area contributed by atoms with Crippen LogP contribution in [0.1, 0.15) is 17.2 Å². The van der Waals surface area contributed by atoms with E-state index in [2.05, 4.69) is 48.7 Å². The molecule has 1 atom stereocenters. The van der Waals surface area contributed by atoms with Gasteiger partial charge >= 0.3 is 0 Å². The van der Waals surface area contributed by atoms with Gasteiger partial charge in [-0.15, -0.1) is 0 Å². The number of nitrogens with one attached hydrogen (secondary N) is 3. The van der Waals surface area contributed by atoms with Crippen LogP contribution in [0.25, 0.3) is 22.3 Å². The van der Waals surface area contributed by atoms with Crippen molar-refractivity contribution in [2.45, 2.75) is 12.6 Å². The molecular weight excluding hydrogens is 468 g/mol. The lowest BCUT2D eigenvalue weighted by molar-refractivity contribution is 0.0384. The van der Waals surface area contributed by atoms with Gasteiger partial charge in [0.05, 0.1) is 44.1 Å². The smallest absolute Gasteiger partial charge is 0.143 e. The molecule has 9 heteroatoms. The maximum Gasteiger partial charge on any atom is 0.143 e. The van der Waals surface area contributed by atoms with Crippen LogP contribution in [0.3, 0.4) is 0 Å². The Labute approximate surface area is 216 Å². The van der Waals surface area contributed by atoms with Crippen molar-refractivity contribution in [2.24, 2.45) is 0 Å². The number of anilines is 1. The Bertz CT molecular complexity index is 1290. The summed E-state index contributed by atoms with van der Waals surface area (Å²) in [4.78, 5) is 14.7. The number of fused-ring (bicyclic) bond motifs is 1. The highest BCUT2D eigenvalue weighted by molar-refractivity contribution is 5.92. The molecule has 2 aromatic heterocycles. The van der Waals surface area contributed by atoms with E-state index in [0.29, 0.717) is 11.5 Å². The van der Waals surface area contributed by atoms with Crippen LogP contribution in [0, 0.1) is 0 Å². The van der Waals surface area contributed by atoms with Gasteiger partial charge < -0.3 is 30.2 Å². The maximum absolute atomic E-state index is 9.99. The maximum atomic E-state index is 9.99. The van der Waals surface area contributed by atoms with Gasteiger partial charge in [0, 0.05) is 38.3 Å². The summed E-state index contributed by atoms with van der Waals surface area (Å²) in [7, 11) is 1.69. The molecule has 5 rings (SSSR count). The summed E-state index contributed by atoms with van der Waals surface area (Å²) < 4.78 is 11.2. The van der Waals surface area contributed by atoms with E-state index >= 15 is 0 Å². The molecule has 0 radical (unpaired) electrons. The van der Waals surface area contributed by atoms with Crippen LogP contribution in [-0.4, -0.2) is 78.1 Å². The number of aromatic amines is 1. The van der Waals surface area contributed by atoms with Gasteiger partial charge in [0.1, 0.15) is 23.5 Å². The first-order valence-corrected chi connectivity index (χ1v) is 12.7. The third-order valence-corrected chi connectivity index (χ3v) is 6.71. The summed E-state index contributed by atoms with van der Waals surface area (Å²) in [5, 5.41) is 17.7. The van der Waals surface area contributed by atoms with Gasteiger partial charge in [-0.25, -0.2) is 9.97 Å². The van der Waals surface area contributed by atoms with Gasteiger partial charge in [0.15, 0.2) is 0 Å². The first-order chi connectivity index (χ1) is 18.2. The third-order valence-electron chi connectivity index (χ3n) is 6.71. The SMILES string of the molecule is COc1cc(CNCCN2CCOCC2)ccc1-c1cc2c(N[C@H](CO)c3ccccc3)ncnc2[nH]1. The lowest BCUT2D eigenvalue weighted by atomic mass is 10.1. The van der Waals surface area contributed by atoms with Crippen molar-refractivity contribution in [1.82, 2.24) is 25.2 Å². The fraction of sp³-hybridized carbons (Fsp3) is 0.357. The summed E-state index contributed by atoms with van der Waals surface area (Å²) in [5.74, 6) is 1.45. The van der Waals surface area contributed by atoms with Crippen molar-refractivity contribution < 1.29 is 14.6 Å². The highest BCUT2D eigenvalue weighted by Gasteiger charge is 2.17. The molecule has 0 unspecified atom stereocenters. The Kier molecular flexibility index (Phi) is 8.27. The zero-order chi connectivity index (χ0) is 25.5. The predicted molar refractivity (Wildman–Crippen MR) is 145 cm³/mol. The monoisotopic (exact) mass is 502 g/mol. The molecule has 0 bridgehead atoms. The summed E-state index contributed by atoms with van der Waals surface area (Å²) in [5.41, 5.74) is 4.71. The number of hydrogen-bond acceptors (Lipinski definition) is 8. The molecule has 9 nitrogen and oxygen atoms in total. The van der Waals surface area contributed by atoms with Crippen LogP contribution in [0.5, 0.6) is 5.75 Å². The van der Waals surface area contributed by atoms with E-state index in [9.17, 15) is 5.11 Å². The Morgan fingerprint density at radius 1 is 1.11 bits per heavy atom. The predicted octanol–water partition coefficient (Wildman–Crippen LogP) is 3.20. The lowest BCUT2D eigenvalue weighted by Gasteiger charge is -2.26. The Morgan fingerprint density at radius 2 is 1.95 bits per heavy atom. The number of aliphatic hydroxyl groups is 1. The second-order valence-electron chi connectivity index (χ2n) is 9.12. The van der Waals surface area contributed by atoms with Crippen molar-refractivity contribution in [3.63, 3.8) is 0 Å². The number of morpholine rings is 1. The molecule has 4 N–H and O–H groups in total. The van der Waals surface area contributed by atoms with Gasteiger partial charge in [-0.1, -0.05) is 36.4 Å². The van der Waals surface area contributed by atoms with Gasteiger partial charge in [0.2, 0.25) is 0 Å². The van der Waals surface area contributed by atoms with Crippen molar-refractivity contribution in [1.29, 1.82) is 0 Å². The number of rotatable bonds is 11. The van der Waals surface area contributed by atoms with E-state index < -0.39 is 0 Å². The minimum Gasteiger partial charge on any atom is -0.496 e. The molecule has 0 spiro atoms. The zero-order valence-electron chi connectivity index (χ0n) is 21.1. The van der Waals surface area contributed by atoms with Crippen LogP contribution >= 0.6 is 0 Å². The van der Waals surface area contributed by atoms with Gasteiger partial charge in [-0.2, -0.15) is 0 Å². The first-order valence-electron chi connectivity index (χ1n) is 12.7. The minimum atomic E-state index is -0.276. The zero-order valence-corrected chi connectivity index (χ0v) is 21.1. The first kappa shape index (κ1) is 25.2. The highest BCUT2D eigenvalue weighted by atomic mass is 16.5.